The topological polar surface area (TPSA) is 132 Å². The number of benzene rings is 1. The minimum atomic E-state index is -1.41. The molecule has 9 nitrogen and oxygen atoms in total. The molecule has 0 aliphatic rings. The molecular formula is C25H34N4O5. The van der Waals surface area contributed by atoms with Crippen LogP contribution in [0.3, 0.4) is 0 Å². The van der Waals surface area contributed by atoms with Gasteiger partial charge in [-0.05, 0) is 44.9 Å². The number of nitriles is 1. The molecule has 1 aromatic rings. The molecule has 1 rings (SSSR count). The van der Waals surface area contributed by atoms with Crippen molar-refractivity contribution < 1.29 is 24.2 Å². The van der Waals surface area contributed by atoms with E-state index >= 15 is 0 Å². The summed E-state index contributed by atoms with van der Waals surface area (Å²) in [6, 6.07) is 5.78. The van der Waals surface area contributed by atoms with E-state index < -0.39 is 48.7 Å². The smallest absolute Gasteiger partial charge is 0.408 e. The molecule has 0 bridgehead atoms. The molecule has 0 saturated carbocycles. The number of rotatable bonds is 11. The van der Waals surface area contributed by atoms with Gasteiger partial charge in [0, 0.05) is 12.1 Å². The first-order chi connectivity index (χ1) is 16.1. The van der Waals surface area contributed by atoms with Gasteiger partial charge in [-0.15, -0.1) is 6.42 Å². The predicted octanol–water partition coefficient (Wildman–Crippen LogP) is 2.25. The largest absolute Gasteiger partial charge is 0.444 e. The molecular weight excluding hydrogens is 436 g/mol. The number of nitrogens with zero attached hydrogens (tertiary/aromatic N) is 2. The second kappa shape index (κ2) is 13.9. The molecule has 184 valence electrons. The van der Waals surface area contributed by atoms with Crippen molar-refractivity contribution in [1.82, 2.24) is 15.5 Å². The van der Waals surface area contributed by atoms with E-state index in [1.54, 1.807) is 45.0 Å². The van der Waals surface area contributed by atoms with Gasteiger partial charge in [0.25, 0.3) is 0 Å². The molecule has 0 aliphatic heterocycles. The number of ether oxygens (including phenoxy) is 1. The highest BCUT2D eigenvalue weighted by molar-refractivity contribution is 5.92. The Bertz CT molecular complexity index is 909. The molecule has 2 unspecified atom stereocenters. The number of carbonyl (C=O) groups excluding carboxylic acids is 3. The molecule has 0 radical (unpaired) electrons. The summed E-state index contributed by atoms with van der Waals surface area (Å²) in [5, 5.41) is 24.3. The normalized spacial score (nSPS) is 12.4. The van der Waals surface area contributed by atoms with Gasteiger partial charge in [0.2, 0.25) is 11.8 Å². The van der Waals surface area contributed by atoms with Crippen molar-refractivity contribution in [3.05, 3.63) is 35.4 Å². The number of amides is 3. The van der Waals surface area contributed by atoms with Gasteiger partial charge in [0.15, 0.2) is 0 Å². The molecule has 0 heterocycles. The molecule has 0 fully saturated rings. The van der Waals surface area contributed by atoms with Crippen LogP contribution in [-0.4, -0.2) is 59.3 Å². The van der Waals surface area contributed by atoms with Gasteiger partial charge in [-0.2, -0.15) is 5.26 Å². The maximum absolute atomic E-state index is 13.3. The van der Waals surface area contributed by atoms with E-state index in [1.807, 2.05) is 13.0 Å². The van der Waals surface area contributed by atoms with Crippen molar-refractivity contribution in [3.8, 4) is 18.4 Å². The van der Waals surface area contributed by atoms with E-state index in [0.29, 0.717) is 17.7 Å². The van der Waals surface area contributed by atoms with Crippen LogP contribution in [0.4, 0.5) is 4.79 Å². The van der Waals surface area contributed by atoms with Crippen LogP contribution in [0.25, 0.3) is 0 Å². The van der Waals surface area contributed by atoms with E-state index in [1.165, 1.54) is 0 Å². The zero-order chi connectivity index (χ0) is 25.7. The van der Waals surface area contributed by atoms with Crippen LogP contribution in [0, 0.1) is 23.7 Å². The standard InChI is InChI=1S/C25H34N4O5/c1-6-8-9-15-27-22(31)21(19-12-10-18(7-2)11-13-19)29(16-14-26)23(32)20(17-30)28-24(33)34-25(3,4)5/h2,10-13,20-21,30H,6,8-9,15-17H2,1,3-5H3,(H,27,31)(H,28,33). The molecule has 1 aromatic carbocycles. The van der Waals surface area contributed by atoms with Crippen LogP contribution < -0.4 is 10.6 Å². The number of carbonyl (C=O) groups is 3. The zero-order valence-corrected chi connectivity index (χ0v) is 20.3. The maximum Gasteiger partial charge on any atom is 0.408 e. The van der Waals surface area contributed by atoms with Gasteiger partial charge in [0.05, 0.1) is 12.7 Å². The molecule has 9 heteroatoms. The Labute approximate surface area is 201 Å². The third-order valence-electron chi connectivity index (χ3n) is 4.73. The van der Waals surface area contributed by atoms with Crippen molar-refractivity contribution in [2.45, 2.75) is 64.6 Å². The van der Waals surface area contributed by atoms with Gasteiger partial charge in [0.1, 0.15) is 24.2 Å². The van der Waals surface area contributed by atoms with Crippen molar-refractivity contribution in [3.63, 3.8) is 0 Å². The highest BCUT2D eigenvalue weighted by atomic mass is 16.6. The summed E-state index contributed by atoms with van der Waals surface area (Å²) in [6.45, 7) is 6.21. The van der Waals surface area contributed by atoms with Gasteiger partial charge in [-0.1, -0.05) is 37.8 Å². The number of hydrogen-bond donors (Lipinski definition) is 3. The van der Waals surface area contributed by atoms with E-state index in [0.717, 1.165) is 24.2 Å². The fourth-order valence-electron chi connectivity index (χ4n) is 3.13. The second-order valence-electron chi connectivity index (χ2n) is 8.67. The second-order valence-corrected chi connectivity index (χ2v) is 8.67. The SMILES string of the molecule is C#Cc1ccc(C(C(=O)NCCCCC)N(CC#N)C(=O)C(CO)NC(=O)OC(C)(C)C)cc1. The summed E-state index contributed by atoms with van der Waals surface area (Å²) in [7, 11) is 0. The first-order valence-corrected chi connectivity index (χ1v) is 11.2. The molecule has 3 N–H and O–H groups in total. The van der Waals surface area contributed by atoms with E-state index in [2.05, 4.69) is 16.6 Å². The molecule has 0 saturated heterocycles. The van der Waals surface area contributed by atoms with Crippen LogP contribution in [0.2, 0.25) is 0 Å². The molecule has 3 amide bonds. The Balaban J connectivity index is 3.28. The molecule has 0 spiro atoms. The summed E-state index contributed by atoms with van der Waals surface area (Å²) < 4.78 is 5.16. The lowest BCUT2D eigenvalue weighted by atomic mass is 10.0. The van der Waals surface area contributed by atoms with Crippen LogP contribution in [-0.2, 0) is 14.3 Å². The fourth-order valence-corrected chi connectivity index (χ4v) is 3.13. The Kier molecular flexibility index (Phi) is 11.6. The summed E-state index contributed by atoms with van der Waals surface area (Å²) >= 11 is 0. The average Bonchev–Trinajstić information content (AvgIpc) is 2.78. The highest BCUT2D eigenvalue weighted by Crippen LogP contribution is 2.23. The Morgan fingerprint density at radius 3 is 2.35 bits per heavy atom. The predicted molar refractivity (Wildman–Crippen MR) is 127 cm³/mol. The van der Waals surface area contributed by atoms with E-state index in [4.69, 9.17) is 11.2 Å². The number of terminal acetylenes is 1. The van der Waals surface area contributed by atoms with Gasteiger partial charge in [-0.25, -0.2) is 4.79 Å². The zero-order valence-electron chi connectivity index (χ0n) is 20.3. The van der Waals surface area contributed by atoms with Crippen LogP contribution >= 0.6 is 0 Å². The lowest BCUT2D eigenvalue weighted by molar-refractivity contribution is -0.142. The summed E-state index contributed by atoms with van der Waals surface area (Å²) in [6.07, 6.45) is 7.17. The molecule has 0 aromatic heterocycles. The average molecular weight is 471 g/mol. The fraction of sp³-hybridized carbons (Fsp3) is 0.520. The number of aliphatic hydroxyl groups is 1. The number of unbranched alkanes of at least 4 members (excludes halogenated alkanes) is 2. The monoisotopic (exact) mass is 470 g/mol. The number of nitrogens with one attached hydrogen (secondary N) is 2. The Morgan fingerprint density at radius 1 is 1.21 bits per heavy atom. The molecule has 0 aliphatic carbocycles. The van der Waals surface area contributed by atoms with Gasteiger partial charge < -0.3 is 25.4 Å². The number of alkyl carbamates (subject to hydrolysis) is 1. The first kappa shape index (κ1) is 28.5. The van der Waals surface area contributed by atoms with Crippen molar-refractivity contribution in [1.29, 1.82) is 5.26 Å². The lowest BCUT2D eigenvalue weighted by Crippen LogP contribution is -2.54. The third-order valence-corrected chi connectivity index (χ3v) is 4.73. The lowest BCUT2D eigenvalue weighted by Gasteiger charge is -2.32. The molecule has 34 heavy (non-hydrogen) atoms. The maximum atomic E-state index is 13.3. The van der Waals surface area contributed by atoms with E-state index in [-0.39, 0.29) is 0 Å². The number of hydrogen-bond acceptors (Lipinski definition) is 6. The van der Waals surface area contributed by atoms with Crippen LogP contribution in [0.5, 0.6) is 0 Å². The van der Waals surface area contributed by atoms with E-state index in [9.17, 15) is 24.8 Å². The van der Waals surface area contributed by atoms with Crippen molar-refractivity contribution in [2.75, 3.05) is 19.7 Å². The minimum absolute atomic E-state index is 0.403. The van der Waals surface area contributed by atoms with Gasteiger partial charge >= 0.3 is 6.09 Å². The summed E-state index contributed by atoms with van der Waals surface area (Å²) in [4.78, 5) is 39.7. The summed E-state index contributed by atoms with van der Waals surface area (Å²) in [5.41, 5.74) is 0.201. The molecule has 2 atom stereocenters. The summed E-state index contributed by atoms with van der Waals surface area (Å²) in [5.74, 6) is 1.20. The highest BCUT2D eigenvalue weighted by Gasteiger charge is 2.36. The van der Waals surface area contributed by atoms with Crippen molar-refractivity contribution in [2.24, 2.45) is 0 Å². The van der Waals surface area contributed by atoms with Crippen molar-refractivity contribution >= 4 is 17.9 Å². The number of aliphatic hydroxyl groups excluding tert-OH is 1. The third kappa shape index (κ3) is 9.13. The quantitative estimate of drug-likeness (QED) is 0.258. The minimum Gasteiger partial charge on any atom is -0.444 e. The van der Waals surface area contributed by atoms with Gasteiger partial charge in [-0.3, -0.25) is 9.59 Å². The Hall–Kier alpha value is -3.56. The van der Waals surface area contributed by atoms with Crippen LogP contribution in [0.15, 0.2) is 24.3 Å². The van der Waals surface area contributed by atoms with Crippen LogP contribution in [0.1, 0.15) is 64.1 Å². The first-order valence-electron chi connectivity index (χ1n) is 11.2. The Morgan fingerprint density at radius 2 is 1.85 bits per heavy atom.